The quantitative estimate of drug-likeness (QED) is 0.646. The molecular weight excluding hydrogens is 286 g/mol. The first-order chi connectivity index (χ1) is 8.06. The highest BCUT2D eigenvalue weighted by Crippen LogP contribution is 2.16. The molecule has 2 aromatic rings. The fourth-order valence-electron chi connectivity index (χ4n) is 1.57. The third-order valence-corrected chi connectivity index (χ3v) is 2.79. The van der Waals surface area contributed by atoms with Crippen LogP contribution in [0.3, 0.4) is 0 Å². The van der Waals surface area contributed by atoms with Gasteiger partial charge >= 0.3 is 0 Å². The summed E-state index contributed by atoms with van der Waals surface area (Å²) in [5, 5.41) is 14.9. The van der Waals surface area contributed by atoms with Gasteiger partial charge in [0.2, 0.25) is 0 Å². The van der Waals surface area contributed by atoms with Gasteiger partial charge in [0.15, 0.2) is 0 Å². The molecule has 0 saturated carbocycles. The van der Waals surface area contributed by atoms with Gasteiger partial charge in [0.05, 0.1) is 11.5 Å². The zero-order valence-electron chi connectivity index (χ0n) is 9.13. The van der Waals surface area contributed by atoms with E-state index < -0.39 is 4.92 Å². The second kappa shape index (κ2) is 4.67. The number of nitro benzene ring substituents is 1. The van der Waals surface area contributed by atoms with Gasteiger partial charge in [0.25, 0.3) is 5.69 Å². The fraction of sp³-hybridized carbons (Fsp3) is 0.182. The smallest absolute Gasteiger partial charge is 0.264 e. The molecule has 0 atom stereocenters. The van der Waals surface area contributed by atoms with Crippen molar-refractivity contribution in [3.63, 3.8) is 0 Å². The molecule has 0 aliphatic carbocycles. The van der Waals surface area contributed by atoms with Crippen molar-refractivity contribution in [2.75, 3.05) is 0 Å². The van der Waals surface area contributed by atoms with Crippen molar-refractivity contribution in [1.29, 1.82) is 0 Å². The van der Waals surface area contributed by atoms with Crippen molar-refractivity contribution in [2.24, 2.45) is 0 Å². The summed E-state index contributed by atoms with van der Waals surface area (Å²) in [5.41, 5.74) is 1.97. The van der Waals surface area contributed by atoms with Gasteiger partial charge in [-0.3, -0.25) is 14.8 Å². The SMILES string of the molecule is Cc1cc(Br)nn1Cc1cccc([N+](=O)[O-])c1. The molecular formula is C11H10BrN3O2. The van der Waals surface area contributed by atoms with Crippen LogP contribution in [0.15, 0.2) is 34.9 Å². The van der Waals surface area contributed by atoms with Crippen LogP contribution in [0, 0.1) is 17.0 Å². The molecule has 0 N–H and O–H groups in total. The number of hydrogen-bond donors (Lipinski definition) is 0. The molecule has 17 heavy (non-hydrogen) atoms. The number of nitro groups is 1. The Hall–Kier alpha value is -1.69. The summed E-state index contributed by atoms with van der Waals surface area (Å²) in [6, 6.07) is 8.48. The summed E-state index contributed by atoms with van der Waals surface area (Å²) in [6.07, 6.45) is 0. The average Bonchev–Trinajstić information content (AvgIpc) is 2.58. The van der Waals surface area contributed by atoms with E-state index in [1.54, 1.807) is 16.8 Å². The highest BCUT2D eigenvalue weighted by atomic mass is 79.9. The summed E-state index contributed by atoms with van der Waals surface area (Å²) in [6.45, 7) is 2.47. The minimum atomic E-state index is -0.393. The van der Waals surface area contributed by atoms with Crippen molar-refractivity contribution in [3.05, 3.63) is 56.3 Å². The normalized spacial score (nSPS) is 10.5. The van der Waals surface area contributed by atoms with E-state index in [1.807, 2.05) is 19.1 Å². The number of nitrogens with zero attached hydrogens (tertiary/aromatic N) is 3. The van der Waals surface area contributed by atoms with E-state index >= 15 is 0 Å². The Bertz CT molecular complexity index is 566. The molecule has 0 bridgehead atoms. The van der Waals surface area contributed by atoms with Gasteiger partial charge in [0, 0.05) is 17.8 Å². The number of hydrogen-bond acceptors (Lipinski definition) is 3. The monoisotopic (exact) mass is 295 g/mol. The third kappa shape index (κ3) is 2.71. The van der Waals surface area contributed by atoms with Gasteiger partial charge in [-0.25, -0.2) is 0 Å². The molecule has 1 heterocycles. The highest BCUT2D eigenvalue weighted by molar-refractivity contribution is 9.10. The van der Waals surface area contributed by atoms with Gasteiger partial charge in [-0.15, -0.1) is 0 Å². The molecule has 0 aliphatic rings. The molecule has 0 aliphatic heterocycles. The average molecular weight is 296 g/mol. The van der Waals surface area contributed by atoms with Crippen LogP contribution in [-0.4, -0.2) is 14.7 Å². The Labute approximate surface area is 106 Å². The summed E-state index contributed by atoms with van der Waals surface area (Å²) < 4.78 is 2.56. The molecule has 0 amide bonds. The lowest BCUT2D eigenvalue weighted by atomic mass is 10.2. The van der Waals surface area contributed by atoms with E-state index in [1.165, 1.54) is 6.07 Å². The zero-order valence-corrected chi connectivity index (χ0v) is 10.7. The van der Waals surface area contributed by atoms with E-state index in [0.717, 1.165) is 15.9 Å². The Balaban J connectivity index is 2.27. The van der Waals surface area contributed by atoms with Gasteiger partial charge in [-0.1, -0.05) is 12.1 Å². The first kappa shape index (κ1) is 11.8. The zero-order chi connectivity index (χ0) is 12.4. The molecule has 1 aromatic carbocycles. The Kier molecular flexibility index (Phi) is 3.23. The Morgan fingerprint density at radius 3 is 2.82 bits per heavy atom. The molecule has 0 radical (unpaired) electrons. The number of halogens is 1. The summed E-state index contributed by atoms with van der Waals surface area (Å²) >= 11 is 3.29. The lowest BCUT2D eigenvalue weighted by molar-refractivity contribution is -0.384. The van der Waals surface area contributed by atoms with Crippen LogP contribution in [0.4, 0.5) is 5.69 Å². The molecule has 0 spiro atoms. The summed E-state index contributed by atoms with van der Waals surface area (Å²) in [7, 11) is 0. The molecule has 5 nitrogen and oxygen atoms in total. The van der Waals surface area contributed by atoms with E-state index in [-0.39, 0.29) is 5.69 Å². The molecule has 0 unspecified atom stereocenters. The number of aromatic nitrogens is 2. The van der Waals surface area contributed by atoms with Gasteiger partial charge < -0.3 is 0 Å². The first-order valence-electron chi connectivity index (χ1n) is 4.99. The predicted octanol–water partition coefficient (Wildman–Crippen LogP) is 2.91. The maximum atomic E-state index is 10.7. The number of aryl methyl sites for hydroxylation is 1. The van der Waals surface area contributed by atoms with Crippen LogP contribution in [-0.2, 0) is 6.54 Å². The van der Waals surface area contributed by atoms with E-state index in [2.05, 4.69) is 21.0 Å². The predicted molar refractivity (Wildman–Crippen MR) is 66.9 cm³/mol. The molecule has 0 saturated heterocycles. The standard InChI is InChI=1S/C11H10BrN3O2/c1-8-5-11(12)13-14(8)7-9-3-2-4-10(6-9)15(16)17/h2-6H,7H2,1H3. The van der Waals surface area contributed by atoms with Gasteiger partial charge in [-0.2, -0.15) is 5.10 Å². The van der Waals surface area contributed by atoms with Crippen LogP contribution >= 0.6 is 15.9 Å². The molecule has 6 heteroatoms. The van der Waals surface area contributed by atoms with Crippen LogP contribution in [0.1, 0.15) is 11.3 Å². The van der Waals surface area contributed by atoms with Crippen LogP contribution in [0.2, 0.25) is 0 Å². The van der Waals surface area contributed by atoms with Crippen molar-refractivity contribution in [3.8, 4) is 0 Å². The summed E-state index contributed by atoms with van der Waals surface area (Å²) in [5.74, 6) is 0. The third-order valence-electron chi connectivity index (χ3n) is 2.41. The topological polar surface area (TPSA) is 61.0 Å². The maximum Gasteiger partial charge on any atom is 0.269 e. The number of benzene rings is 1. The van der Waals surface area contributed by atoms with Gasteiger partial charge in [0.1, 0.15) is 4.60 Å². The second-order valence-electron chi connectivity index (χ2n) is 3.69. The lowest BCUT2D eigenvalue weighted by Gasteiger charge is -2.04. The van der Waals surface area contributed by atoms with Crippen LogP contribution < -0.4 is 0 Å². The van der Waals surface area contributed by atoms with E-state index in [0.29, 0.717) is 6.54 Å². The Morgan fingerprint density at radius 1 is 1.47 bits per heavy atom. The highest BCUT2D eigenvalue weighted by Gasteiger charge is 2.07. The van der Waals surface area contributed by atoms with E-state index in [4.69, 9.17) is 0 Å². The van der Waals surface area contributed by atoms with Crippen molar-refractivity contribution in [1.82, 2.24) is 9.78 Å². The largest absolute Gasteiger partial charge is 0.269 e. The minimum Gasteiger partial charge on any atom is -0.264 e. The molecule has 88 valence electrons. The molecule has 0 fully saturated rings. The number of rotatable bonds is 3. The van der Waals surface area contributed by atoms with E-state index in [9.17, 15) is 10.1 Å². The van der Waals surface area contributed by atoms with Gasteiger partial charge in [-0.05, 0) is 34.5 Å². The maximum absolute atomic E-state index is 10.7. The first-order valence-corrected chi connectivity index (χ1v) is 5.79. The Morgan fingerprint density at radius 2 is 2.24 bits per heavy atom. The van der Waals surface area contributed by atoms with Crippen molar-refractivity contribution in [2.45, 2.75) is 13.5 Å². The number of non-ortho nitro benzene ring substituents is 1. The van der Waals surface area contributed by atoms with Crippen molar-refractivity contribution >= 4 is 21.6 Å². The molecule has 2 rings (SSSR count). The lowest BCUT2D eigenvalue weighted by Crippen LogP contribution is -2.04. The van der Waals surface area contributed by atoms with Crippen LogP contribution in [0.25, 0.3) is 0 Å². The van der Waals surface area contributed by atoms with Crippen LogP contribution in [0.5, 0.6) is 0 Å². The minimum absolute atomic E-state index is 0.103. The summed E-state index contributed by atoms with van der Waals surface area (Å²) in [4.78, 5) is 10.3. The second-order valence-corrected chi connectivity index (χ2v) is 4.51. The fourth-order valence-corrected chi connectivity index (χ4v) is 2.09. The molecule has 1 aromatic heterocycles. The van der Waals surface area contributed by atoms with Crippen molar-refractivity contribution < 1.29 is 4.92 Å².